The van der Waals surface area contributed by atoms with Crippen LogP contribution >= 0.6 is 15.9 Å². The van der Waals surface area contributed by atoms with Gasteiger partial charge in [-0.25, -0.2) is 0 Å². The maximum Gasteiger partial charge on any atom is 0.406 e. The monoisotopic (exact) mass is 390 g/mol. The van der Waals surface area contributed by atoms with Crippen LogP contribution in [0.3, 0.4) is 0 Å². The number of amides is 1. The Morgan fingerprint density at radius 1 is 1.26 bits per heavy atom. The fraction of sp³-hybridized carbons (Fsp3) is 0.400. The Balaban J connectivity index is 2.04. The van der Waals surface area contributed by atoms with E-state index < -0.39 is 12.7 Å². The summed E-state index contributed by atoms with van der Waals surface area (Å²) in [5, 5.41) is 0.522. The number of hydrogen-bond acceptors (Lipinski definition) is 2. The maximum absolute atomic E-state index is 12.8. The zero-order valence-electron chi connectivity index (χ0n) is 12.1. The van der Waals surface area contributed by atoms with Gasteiger partial charge in [0.05, 0.1) is 24.3 Å². The molecular weight excluding hydrogens is 377 g/mol. The lowest BCUT2D eigenvalue weighted by Gasteiger charge is -2.26. The molecule has 1 amide bonds. The first-order chi connectivity index (χ1) is 10.8. The van der Waals surface area contributed by atoms with E-state index in [4.69, 9.17) is 4.74 Å². The Morgan fingerprint density at radius 2 is 1.96 bits per heavy atom. The van der Waals surface area contributed by atoms with E-state index in [2.05, 4.69) is 15.9 Å². The van der Waals surface area contributed by atoms with Crippen LogP contribution < -0.4 is 0 Å². The zero-order valence-corrected chi connectivity index (χ0v) is 13.7. The first kappa shape index (κ1) is 16.3. The van der Waals surface area contributed by atoms with Crippen molar-refractivity contribution in [2.45, 2.75) is 12.7 Å². The minimum Gasteiger partial charge on any atom is -0.378 e. The molecule has 2 aromatic rings. The predicted octanol–water partition coefficient (Wildman–Crippen LogP) is 3.44. The molecule has 0 saturated carbocycles. The van der Waals surface area contributed by atoms with Crippen molar-refractivity contribution in [3.05, 3.63) is 34.4 Å². The highest BCUT2D eigenvalue weighted by Crippen LogP contribution is 2.29. The quantitative estimate of drug-likeness (QED) is 0.786. The molecule has 1 fully saturated rings. The van der Waals surface area contributed by atoms with Gasteiger partial charge in [-0.15, -0.1) is 0 Å². The molecule has 0 bridgehead atoms. The van der Waals surface area contributed by atoms with Gasteiger partial charge >= 0.3 is 6.18 Å². The summed E-state index contributed by atoms with van der Waals surface area (Å²) in [6.45, 7) is 0.649. The zero-order chi connectivity index (χ0) is 16.6. The number of aromatic nitrogens is 1. The van der Waals surface area contributed by atoms with E-state index in [0.29, 0.717) is 47.2 Å². The maximum atomic E-state index is 12.8. The molecule has 0 aliphatic carbocycles. The summed E-state index contributed by atoms with van der Waals surface area (Å²) in [5.74, 6) is -0.262. The van der Waals surface area contributed by atoms with Gasteiger partial charge in [0.2, 0.25) is 0 Å². The van der Waals surface area contributed by atoms with Gasteiger partial charge in [0.1, 0.15) is 6.54 Å². The molecule has 23 heavy (non-hydrogen) atoms. The van der Waals surface area contributed by atoms with Crippen LogP contribution in [0.5, 0.6) is 0 Å². The number of ether oxygens (including phenoxy) is 1. The molecule has 4 nitrogen and oxygen atoms in total. The van der Waals surface area contributed by atoms with Crippen molar-refractivity contribution in [3.8, 4) is 0 Å². The van der Waals surface area contributed by atoms with Gasteiger partial charge in [-0.1, -0.05) is 22.0 Å². The third-order valence-corrected chi connectivity index (χ3v) is 4.22. The van der Waals surface area contributed by atoms with Crippen molar-refractivity contribution < 1.29 is 22.7 Å². The van der Waals surface area contributed by atoms with Gasteiger partial charge in [-0.3, -0.25) is 4.79 Å². The summed E-state index contributed by atoms with van der Waals surface area (Å²) in [4.78, 5) is 14.3. The molecule has 1 aromatic heterocycles. The van der Waals surface area contributed by atoms with Crippen LogP contribution in [0.2, 0.25) is 0 Å². The minimum atomic E-state index is -4.35. The summed E-state index contributed by atoms with van der Waals surface area (Å²) in [5.41, 5.74) is 0.673. The number of fused-ring (bicyclic) bond motifs is 1. The van der Waals surface area contributed by atoms with Crippen molar-refractivity contribution in [1.82, 2.24) is 9.47 Å². The number of hydrogen-bond donors (Lipinski definition) is 0. The number of carbonyl (C=O) groups excluding carboxylic acids is 1. The first-order valence-corrected chi connectivity index (χ1v) is 7.86. The third kappa shape index (κ3) is 3.53. The highest BCUT2D eigenvalue weighted by molar-refractivity contribution is 9.10. The molecule has 0 radical (unpaired) electrons. The van der Waals surface area contributed by atoms with E-state index in [9.17, 15) is 18.0 Å². The first-order valence-electron chi connectivity index (χ1n) is 7.07. The van der Waals surface area contributed by atoms with Gasteiger partial charge in [0, 0.05) is 29.1 Å². The second kappa shape index (κ2) is 6.16. The van der Waals surface area contributed by atoms with E-state index in [0.717, 1.165) is 4.57 Å². The fourth-order valence-corrected chi connectivity index (χ4v) is 3.05. The number of halogens is 4. The van der Waals surface area contributed by atoms with Crippen LogP contribution in [0.15, 0.2) is 28.9 Å². The standard InChI is InChI=1S/C15H14BrF3N2O2/c16-10-1-2-11-12(14(22)20-3-5-23-6-4-20)8-21(13(11)7-10)9-15(17,18)19/h1-2,7-8H,3-6,9H2. The molecule has 0 atom stereocenters. The number of benzene rings is 1. The smallest absolute Gasteiger partial charge is 0.378 e. The van der Waals surface area contributed by atoms with E-state index in [-0.39, 0.29) is 5.91 Å². The molecule has 0 unspecified atom stereocenters. The lowest BCUT2D eigenvalue weighted by molar-refractivity contribution is -0.139. The largest absolute Gasteiger partial charge is 0.406 e. The third-order valence-electron chi connectivity index (χ3n) is 3.72. The van der Waals surface area contributed by atoms with Crippen molar-refractivity contribution in [2.75, 3.05) is 26.3 Å². The highest BCUT2D eigenvalue weighted by Gasteiger charge is 2.30. The summed E-state index contributed by atoms with van der Waals surface area (Å²) < 4.78 is 45.3. The second-order valence-electron chi connectivity index (χ2n) is 5.35. The molecule has 2 heterocycles. The molecule has 0 N–H and O–H groups in total. The van der Waals surface area contributed by atoms with Crippen LogP contribution in [0.1, 0.15) is 10.4 Å². The van der Waals surface area contributed by atoms with Crippen molar-refractivity contribution in [1.29, 1.82) is 0 Å². The summed E-state index contributed by atoms with van der Waals surface area (Å²) in [7, 11) is 0. The molecule has 1 aliphatic rings. The Hall–Kier alpha value is -1.54. The van der Waals surface area contributed by atoms with E-state index >= 15 is 0 Å². The lowest BCUT2D eigenvalue weighted by Crippen LogP contribution is -2.40. The Labute approximate surface area is 138 Å². The number of rotatable bonds is 2. The Kier molecular flexibility index (Phi) is 4.37. The number of nitrogens with zero attached hydrogens (tertiary/aromatic N) is 2. The molecule has 124 valence electrons. The molecular formula is C15H14BrF3N2O2. The van der Waals surface area contributed by atoms with E-state index in [1.165, 1.54) is 6.20 Å². The minimum absolute atomic E-state index is 0.262. The second-order valence-corrected chi connectivity index (χ2v) is 6.27. The molecule has 8 heteroatoms. The summed E-state index contributed by atoms with van der Waals surface area (Å²) in [6, 6.07) is 4.98. The average Bonchev–Trinajstić information content (AvgIpc) is 2.83. The fourth-order valence-electron chi connectivity index (χ4n) is 2.70. The van der Waals surface area contributed by atoms with Gasteiger partial charge < -0.3 is 14.2 Å². The van der Waals surface area contributed by atoms with Crippen LogP contribution in [-0.4, -0.2) is 47.9 Å². The molecule has 1 aromatic carbocycles. The van der Waals surface area contributed by atoms with E-state index in [1.807, 2.05) is 0 Å². The van der Waals surface area contributed by atoms with Crippen molar-refractivity contribution in [3.63, 3.8) is 0 Å². The van der Waals surface area contributed by atoms with E-state index in [1.54, 1.807) is 23.1 Å². The van der Waals surface area contributed by atoms with Gasteiger partial charge in [0.25, 0.3) is 5.91 Å². The van der Waals surface area contributed by atoms with Crippen molar-refractivity contribution in [2.24, 2.45) is 0 Å². The highest BCUT2D eigenvalue weighted by atomic mass is 79.9. The SMILES string of the molecule is O=C(c1cn(CC(F)(F)F)c2cc(Br)ccc12)N1CCOCC1. The predicted molar refractivity (Wildman–Crippen MR) is 82.4 cm³/mol. The molecule has 1 aliphatic heterocycles. The normalized spacial score (nSPS) is 16.1. The number of morpholine rings is 1. The molecule has 3 rings (SSSR count). The van der Waals surface area contributed by atoms with Crippen molar-refractivity contribution >= 4 is 32.7 Å². The number of carbonyl (C=O) groups is 1. The van der Waals surface area contributed by atoms with Crippen LogP contribution in [0.4, 0.5) is 13.2 Å². The molecule has 1 saturated heterocycles. The van der Waals surface area contributed by atoms with Crippen LogP contribution in [0.25, 0.3) is 10.9 Å². The lowest BCUT2D eigenvalue weighted by atomic mass is 10.1. The van der Waals surface area contributed by atoms with Crippen LogP contribution in [0, 0.1) is 0 Å². The topological polar surface area (TPSA) is 34.5 Å². The van der Waals surface area contributed by atoms with Gasteiger partial charge in [-0.05, 0) is 12.1 Å². The summed E-state index contributed by atoms with van der Waals surface area (Å²) >= 11 is 3.26. The summed E-state index contributed by atoms with van der Waals surface area (Å²) in [6.07, 6.45) is -3.06. The Bertz CT molecular complexity index is 736. The average molecular weight is 391 g/mol. The molecule has 0 spiro atoms. The Morgan fingerprint density at radius 3 is 2.61 bits per heavy atom. The van der Waals surface area contributed by atoms with Crippen LogP contribution in [-0.2, 0) is 11.3 Å². The van der Waals surface area contributed by atoms with Gasteiger partial charge in [0.15, 0.2) is 0 Å². The van der Waals surface area contributed by atoms with Gasteiger partial charge in [-0.2, -0.15) is 13.2 Å². The number of alkyl halides is 3.